The Morgan fingerprint density at radius 3 is 2.42 bits per heavy atom. The van der Waals surface area contributed by atoms with Gasteiger partial charge in [0.2, 0.25) is 0 Å². The van der Waals surface area contributed by atoms with Crippen molar-refractivity contribution >= 4 is 22.4 Å². The van der Waals surface area contributed by atoms with Gasteiger partial charge in [-0.05, 0) is 45.7 Å². The Balaban J connectivity index is 1.92. The molecule has 2 aromatic carbocycles. The maximum absolute atomic E-state index is 13.1. The van der Waals surface area contributed by atoms with Crippen molar-refractivity contribution in [2.45, 2.75) is 64.6 Å². The maximum Gasteiger partial charge on any atom is 0.256 e. The molecule has 0 saturated heterocycles. The van der Waals surface area contributed by atoms with Crippen molar-refractivity contribution in [3.63, 3.8) is 0 Å². The molecule has 1 N–H and O–H groups in total. The number of hydrogen-bond acceptors (Lipinski definition) is 3. The standard InChI is InChI=1S/C22H29NO3/c1-4-25-22(14-8-5-9-15-22)21(24)23-19-12-13-20(26-16(2)3)18-11-7-6-10-17(18)19/h6-7,10-13,16H,4-5,8-9,14-15H2,1-3H3,(H,23,24). The maximum atomic E-state index is 13.1. The van der Waals surface area contributed by atoms with E-state index in [9.17, 15) is 4.79 Å². The van der Waals surface area contributed by atoms with Crippen LogP contribution in [0, 0.1) is 0 Å². The molecule has 0 spiro atoms. The third-order valence-electron chi connectivity index (χ3n) is 4.99. The van der Waals surface area contributed by atoms with E-state index in [0.29, 0.717) is 6.61 Å². The van der Waals surface area contributed by atoms with Crippen molar-refractivity contribution in [3.05, 3.63) is 36.4 Å². The molecule has 2 aromatic rings. The number of ether oxygens (including phenoxy) is 2. The molecule has 3 rings (SSSR count). The SMILES string of the molecule is CCOC1(C(=O)Nc2ccc(OC(C)C)c3ccccc23)CCCCC1. The second-order valence-electron chi connectivity index (χ2n) is 7.27. The average Bonchev–Trinajstić information content (AvgIpc) is 2.64. The highest BCUT2D eigenvalue weighted by atomic mass is 16.5. The Labute approximate surface area is 155 Å². The van der Waals surface area contributed by atoms with Crippen LogP contribution in [0.25, 0.3) is 10.8 Å². The molecule has 0 unspecified atom stereocenters. The van der Waals surface area contributed by atoms with Gasteiger partial charge >= 0.3 is 0 Å². The largest absolute Gasteiger partial charge is 0.490 e. The third-order valence-corrected chi connectivity index (χ3v) is 4.99. The number of carbonyl (C=O) groups excluding carboxylic acids is 1. The molecule has 0 heterocycles. The summed E-state index contributed by atoms with van der Waals surface area (Å²) in [6.07, 6.45) is 4.93. The lowest BCUT2D eigenvalue weighted by Crippen LogP contribution is -2.47. The van der Waals surface area contributed by atoms with E-state index in [1.807, 2.05) is 57.2 Å². The molecule has 0 atom stereocenters. The van der Waals surface area contributed by atoms with Gasteiger partial charge in [0, 0.05) is 23.1 Å². The molecule has 1 aliphatic rings. The lowest BCUT2D eigenvalue weighted by Gasteiger charge is -2.35. The van der Waals surface area contributed by atoms with E-state index in [0.717, 1.165) is 47.9 Å². The monoisotopic (exact) mass is 355 g/mol. The van der Waals surface area contributed by atoms with E-state index in [-0.39, 0.29) is 12.0 Å². The van der Waals surface area contributed by atoms with Crippen molar-refractivity contribution in [2.75, 3.05) is 11.9 Å². The summed E-state index contributed by atoms with van der Waals surface area (Å²) in [4.78, 5) is 13.1. The number of carbonyl (C=O) groups is 1. The Hall–Kier alpha value is -2.07. The van der Waals surface area contributed by atoms with Gasteiger partial charge in [0.1, 0.15) is 11.4 Å². The first kappa shape index (κ1) is 18.7. The fourth-order valence-electron chi connectivity index (χ4n) is 3.81. The number of rotatable bonds is 6. The molecule has 1 amide bonds. The van der Waals surface area contributed by atoms with Crippen molar-refractivity contribution in [1.29, 1.82) is 0 Å². The van der Waals surface area contributed by atoms with Gasteiger partial charge in [0.15, 0.2) is 0 Å². The molecule has 1 fully saturated rings. The van der Waals surface area contributed by atoms with Gasteiger partial charge in [-0.2, -0.15) is 0 Å². The second kappa shape index (κ2) is 8.09. The highest BCUT2D eigenvalue weighted by Gasteiger charge is 2.40. The van der Waals surface area contributed by atoms with E-state index in [1.54, 1.807) is 0 Å². The molecular formula is C22H29NO3. The lowest BCUT2D eigenvalue weighted by molar-refractivity contribution is -0.145. The second-order valence-corrected chi connectivity index (χ2v) is 7.27. The van der Waals surface area contributed by atoms with Crippen LogP contribution in [0.2, 0.25) is 0 Å². The Morgan fingerprint density at radius 1 is 1.08 bits per heavy atom. The summed E-state index contributed by atoms with van der Waals surface area (Å²) in [5.74, 6) is 0.813. The van der Waals surface area contributed by atoms with Crippen molar-refractivity contribution in [3.8, 4) is 5.75 Å². The summed E-state index contributed by atoms with van der Waals surface area (Å²) in [7, 11) is 0. The highest BCUT2D eigenvalue weighted by molar-refractivity contribution is 6.06. The molecule has 0 aliphatic heterocycles. The van der Waals surface area contributed by atoms with Gasteiger partial charge < -0.3 is 14.8 Å². The number of amides is 1. The molecular weight excluding hydrogens is 326 g/mol. The third kappa shape index (κ3) is 3.85. The minimum Gasteiger partial charge on any atom is -0.490 e. The summed E-state index contributed by atoms with van der Waals surface area (Å²) in [5, 5.41) is 5.14. The van der Waals surface area contributed by atoms with Crippen LogP contribution in [0.4, 0.5) is 5.69 Å². The minimum atomic E-state index is -0.693. The Kier molecular flexibility index (Phi) is 5.82. The van der Waals surface area contributed by atoms with Crippen LogP contribution in [0.3, 0.4) is 0 Å². The molecule has 0 bridgehead atoms. The van der Waals surface area contributed by atoms with Gasteiger partial charge in [-0.15, -0.1) is 0 Å². The molecule has 0 radical (unpaired) electrons. The topological polar surface area (TPSA) is 47.6 Å². The van der Waals surface area contributed by atoms with Gasteiger partial charge in [-0.3, -0.25) is 4.79 Å². The van der Waals surface area contributed by atoms with E-state index >= 15 is 0 Å². The van der Waals surface area contributed by atoms with Crippen LogP contribution in [0.5, 0.6) is 5.75 Å². The molecule has 1 saturated carbocycles. The predicted octanol–water partition coefficient (Wildman–Crippen LogP) is 5.30. The number of hydrogen-bond donors (Lipinski definition) is 1. The molecule has 4 heteroatoms. The minimum absolute atomic E-state index is 0.0262. The van der Waals surface area contributed by atoms with Crippen LogP contribution in [-0.2, 0) is 9.53 Å². The fraction of sp³-hybridized carbons (Fsp3) is 0.500. The zero-order chi connectivity index (χ0) is 18.6. The summed E-state index contributed by atoms with van der Waals surface area (Å²) in [6.45, 7) is 6.53. The van der Waals surface area contributed by atoms with Crippen molar-refractivity contribution < 1.29 is 14.3 Å². The fourth-order valence-corrected chi connectivity index (χ4v) is 3.81. The lowest BCUT2D eigenvalue weighted by atomic mass is 9.83. The smallest absolute Gasteiger partial charge is 0.256 e. The quantitative estimate of drug-likeness (QED) is 0.764. The molecule has 1 aliphatic carbocycles. The zero-order valence-corrected chi connectivity index (χ0v) is 16.0. The number of anilines is 1. The number of benzene rings is 2. The first-order chi connectivity index (χ1) is 12.6. The summed E-state index contributed by atoms with van der Waals surface area (Å²) < 4.78 is 11.9. The zero-order valence-electron chi connectivity index (χ0n) is 16.0. The average molecular weight is 355 g/mol. The van der Waals surface area contributed by atoms with Crippen molar-refractivity contribution in [1.82, 2.24) is 0 Å². The van der Waals surface area contributed by atoms with Crippen LogP contribution >= 0.6 is 0 Å². The van der Waals surface area contributed by atoms with Gasteiger partial charge in [0.25, 0.3) is 5.91 Å². The first-order valence-corrected chi connectivity index (χ1v) is 9.69. The first-order valence-electron chi connectivity index (χ1n) is 9.69. The highest BCUT2D eigenvalue weighted by Crippen LogP contribution is 2.36. The summed E-state index contributed by atoms with van der Waals surface area (Å²) >= 11 is 0. The van der Waals surface area contributed by atoms with Crippen LogP contribution in [-0.4, -0.2) is 24.2 Å². The summed E-state index contributed by atoms with van der Waals surface area (Å²) in [6, 6.07) is 11.9. The van der Waals surface area contributed by atoms with E-state index in [4.69, 9.17) is 9.47 Å². The van der Waals surface area contributed by atoms with Gasteiger partial charge in [0.05, 0.1) is 6.10 Å². The molecule has 0 aromatic heterocycles. The Bertz CT molecular complexity index is 758. The van der Waals surface area contributed by atoms with E-state index in [2.05, 4.69) is 5.32 Å². The van der Waals surface area contributed by atoms with Gasteiger partial charge in [-0.1, -0.05) is 43.5 Å². The van der Waals surface area contributed by atoms with Crippen LogP contribution in [0.15, 0.2) is 36.4 Å². The normalized spacial score (nSPS) is 16.6. The van der Waals surface area contributed by atoms with Crippen LogP contribution < -0.4 is 10.1 Å². The van der Waals surface area contributed by atoms with E-state index < -0.39 is 5.60 Å². The molecule has 140 valence electrons. The molecule has 4 nitrogen and oxygen atoms in total. The molecule has 26 heavy (non-hydrogen) atoms. The Morgan fingerprint density at radius 2 is 1.77 bits per heavy atom. The summed E-state index contributed by atoms with van der Waals surface area (Å²) in [5.41, 5.74) is 0.118. The van der Waals surface area contributed by atoms with Crippen molar-refractivity contribution in [2.24, 2.45) is 0 Å². The predicted molar refractivity (Wildman–Crippen MR) is 106 cm³/mol. The van der Waals surface area contributed by atoms with Crippen LogP contribution in [0.1, 0.15) is 52.9 Å². The number of nitrogens with one attached hydrogen (secondary N) is 1. The van der Waals surface area contributed by atoms with Gasteiger partial charge in [-0.25, -0.2) is 0 Å². The number of fused-ring (bicyclic) bond motifs is 1. The van der Waals surface area contributed by atoms with E-state index in [1.165, 1.54) is 6.42 Å².